The lowest BCUT2D eigenvalue weighted by atomic mass is 9.87. The van der Waals surface area contributed by atoms with Crippen molar-refractivity contribution < 1.29 is 4.79 Å². The molecule has 0 fully saturated rings. The van der Waals surface area contributed by atoms with Crippen LogP contribution < -0.4 is 10.6 Å². The van der Waals surface area contributed by atoms with Crippen LogP contribution in [-0.4, -0.2) is 21.6 Å². The summed E-state index contributed by atoms with van der Waals surface area (Å²) in [7, 11) is 0. The van der Waals surface area contributed by atoms with Crippen molar-refractivity contribution in [1.82, 2.24) is 15.1 Å². The van der Waals surface area contributed by atoms with E-state index in [-0.39, 0.29) is 11.3 Å². The zero-order valence-electron chi connectivity index (χ0n) is 20.9. The van der Waals surface area contributed by atoms with Crippen molar-refractivity contribution in [2.75, 3.05) is 5.32 Å². The third-order valence-electron chi connectivity index (χ3n) is 5.67. The first-order chi connectivity index (χ1) is 16.1. The molecule has 0 unspecified atom stereocenters. The highest BCUT2D eigenvalue weighted by Crippen LogP contribution is 2.24. The Hall–Kier alpha value is -3.12. The molecule has 2 N–H and O–H groups in total. The number of halogens is 1. The molecular formula is C27H34ClN5O. The largest absolute Gasteiger partial charge is 0.326 e. The molecule has 3 rings (SSSR count). The number of nitrogens with zero attached hydrogens (tertiary/aromatic N) is 3. The van der Waals surface area contributed by atoms with Gasteiger partial charge in [-0.1, -0.05) is 57.5 Å². The molecule has 0 aliphatic rings. The highest BCUT2D eigenvalue weighted by molar-refractivity contribution is 6.31. The van der Waals surface area contributed by atoms with Crippen LogP contribution in [0.15, 0.2) is 53.7 Å². The van der Waals surface area contributed by atoms with E-state index in [0.717, 1.165) is 35.5 Å². The number of amides is 1. The van der Waals surface area contributed by atoms with Crippen molar-refractivity contribution in [2.24, 2.45) is 4.99 Å². The molecule has 1 amide bonds. The number of aryl methyl sites for hydroxylation is 2. The van der Waals surface area contributed by atoms with E-state index in [1.807, 2.05) is 67.2 Å². The maximum absolute atomic E-state index is 13.1. The summed E-state index contributed by atoms with van der Waals surface area (Å²) in [5.41, 5.74) is 5.37. The highest BCUT2D eigenvalue weighted by Gasteiger charge is 2.16. The summed E-state index contributed by atoms with van der Waals surface area (Å²) in [6, 6.07) is 13.3. The number of aliphatic imine (C=N–C) groups is 1. The molecule has 0 spiro atoms. The van der Waals surface area contributed by atoms with Crippen LogP contribution in [0.5, 0.6) is 0 Å². The molecule has 0 radical (unpaired) electrons. The van der Waals surface area contributed by atoms with Crippen LogP contribution >= 0.6 is 11.6 Å². The van der Waals surface area contributed by atoms with Crippen LogP contribution in [0.2, 0.25) is 5.02 Å². The summed E-state index contributed by atoms with van der Waals surface area (Å²) in [5, 5.41) is 11.4. The maximum atomic E-state index is 13.1. The van der Waals surface area contributed by atoms with E-state index in [9.17, 15) is 4.79 Å². The quantitative estimate of drug-likeness (QED) is 0.324. The molecule has 6 nitrogen and oxygen atoms in total. The number of rotatable bonds is 6. The number of anilines is 1. The van der Waals surface area contributed by atoms with Gasteiger partial charge in [-0.2, -0.15) is 5.10 Å². The molecule has 180 valence electrons. The van der Waals surface area contributed by atoms with Crippen LogP contribution in [0.1, 0.15) is 66.9 Å². The maximum Gasteiger partial charge on any atom is 0.257 e. The molecular weight excluding hydrogens is 446 g/mol. The fourth-order valence-corrected chi connectivity index (χ4v) is 3.68. The molecule has 1 heterocycles. The molecule has 0 saturated carbocycles. The van der Waals surface area contributed by atoms with Gasteiger partial charge in [-0.05, 0) is 61.1 Å². The molecule has 1 aromatic heterocycles. The van der Waals surface area contributed by atoms with Gasteiger partial charge in [0.05, 0.1) is 12.2 Å². The summed E-state index contributed by atoms with van der Waals surface area (Å²) in [5.74, 6) is 0.127. The normalized spacial score (nSPS) is 12.0. The van der Waals surface area contributed by atoms with Crippen LogP contribution in [0.25, 0.3) is 0 Å². The van der Waals surface area contributed by atoms with Gasteiger partial charge in [0.15, 0.2) is 0 Å². The van der Waals surface area contributed by atoms with E-state index < -0.39 is 0 Å². The van der Waals surface area contributed by atoms with Crippen molar-refractivity contribution in [3.63, 3.8) is 0 Å². The second-order valence-electron chi connectivity index (χ2n) is 9.49. The number of benzene rings is 2. The summed E-state index contributed by atoms with van der Waals surface area (Å²) < 4.78 is 1.93. The molecule has 0 bridgehead atoms. The molecule has 2 aromatic carbocycles. The van der Waals surface area contributed by atoms with Crippen molar-refractivity contribution in [1.29, 1.82) is 0 Å². The Balaban J connectivity index is 1.85. The standard InChI is InChI=1S/C27H34ClN5O/c1-7-15-33-17-21(19(3)32-33)16-29-26(30-24-10-8-9-23(28)18(24)2)31-25(34)20-11-13-22(14-12-20)27(4,5)6/h8-14,17H,7,15-16H2,1-6H3,(H2,29,30,31,34). The van der Waals surface area contributed by atoms with E-state index in [1.165, 1.54) is 5.56 Å². The average molecular weight is 480 g/mol. The second-order valence-corrected chi connectivity index (χ2v) is 9.89. The van der Waals surface area contributed by atoms with Crippen molar-refractivity contribution in [3.05, 3.63) is 81.6 Å². The third kappa shape index (κ3) is 6.48. The van der Waals surface area contributed by atoms with E-state index in [1.54, 1.807) is 0 Å². The lowest BCUT2D eigenvalue weighted by molar-refractivity contribution is 0.0977. The van der Waals surface area contributed by atoms with Crippen LogP contribution in [-0.2, 0) is 18.5 Å². The van der Waals surface area contributed by atoms with Gasteiger partial charge in [-0.3, -0.25) is 14.8 Å². The molecule has 7 heteroatoms. The van der Waals surface area contributed by atoms with Gasteiger partial charge in [-0.15, -0.1) is 0 Å². The predicted octanol–water partition coefficient (Wildman–Crippen LogP) is 6.26. The Labute approximate surface area is 207 Å². The molecule has 0 atom stereocenters. The Morgan fingerprint density at radius 3 is 2.47 bits per heavy atom. The van der Waals surface area contributed by atoms with E-state index in [0.29, 0.717) is 23.1 Å². The topological polar surface area (TPSA) is 71.3 Å². The summed E-state index contributed by atoms with van der Waals surface area (Å²) in [6.45, 7) is 13.7. The number of nitrogens with one attached hydrogen (secondary N) is 2. The third-order valence-corrected chi connectivity index (χ3v) is 6.08. The van der Waals surface area contributed by atoms with Gasteiger partial charge in [0, 0.05) is 34.6 Å². The zero-order valence-corrected chi connectivity index (χ0v) is 21.6. The second kappa shape index (κ2) is 10.9. The highest BCUT2D eigenvalue weighted by atomic mass is 35.5. The number of carbonyl (C=O) groups excluding carboxylic acids is 1. The number of guanidine groups is 1. The summed E-state index contributed by atoms with van der Waals surface area (Å²) in [4.78, 5) is 17.7. The van der Waals surface area contributed by atoms with Gasteiger partial charge in [0.25, 0.3) is 5.91 Å². The average Bonchev–Trinajstić information content (AvgIpc) is 3.13. The minimum Gasteiger partial charge on any atom is -0.326 e. The Morgan fingerprint density at radius 2 is 1.82 bits per heavy atom. The predicted molar refractivity (Wildman–Crippen MR) is 141 cm³/mol. The van der Waals surface area contributed by atoms with Crippen molar-refractivity contribution >= 4 is 29.2 Å². The monoisotopic (exact) mass is 479 g/mol. The van der Waals surface area contributed by atoms with Crippen molar-refractivity contribution in [2.45, 2.75) is 66.5 Å². The van der Waals surface area contributed by atoms with E-state index in [4.69, 9.17) is 16.6 Å². The molecule has 34 heavy (non-hydrogen) atoms. The first kappa shape index (κ1) is 25.5. The molecule has 0 saturated heterocycles. The van der Waals surface area contributed by atoms with Crippen LogP contribution in [0, 0.1) is 13.8 Å². The molecule has 0 aliphatic carbocycles. The van der Waals surface area contributed by atoms with Gasteiger partial charge in [0.2, 0.25) is 5.96 Å². The van der Waals surface area contributed by atoms with E-state index >= 15 is 0 Å². The van der Waals surface area contributed by atoms with Crippen LogP contribution in [0.3, 0.4) is 0 Å². The SMILES string of the molecule is CCCn1cc(CN=C(NC(=O)c2ccc(C(C)(C)C)cc2)Nc2cccc(Cl)c2C)c(C)n1. The Morgan fingerprint density at radius 1 is 1.12 bits per heavy atom. The van der Waals surface area contributed by atoms with Crippen LogP contribution in [0.4, 0.5) is 5.69 Å². The van der Waals surface area contributed by atoms with Gasteiger partial charge in [0.1, 0.15) is 0 Å². The van der Waals surface area contributed by atoms with E-state index in [2.05, 4.69) is 43.4 Å². The molecule has 3 aromatic rings. The smallest absolute Gasteiger partial charge is 0.257 e. The lowest BCUT2D eigenvalue weighted by Gasteiger charge is -2.19. The molecule has 0 aliphatic heterocycles. The first-order valence-corrected chi connectivity index (χ1v) is 12.0. The number of hydrogen-bond donors (Lipinski definition) is 2. The fraction of sp³-hybridized carbons (Fsp3) is 0.370. The first-order valence-electron chi connectivity index (χ1n) is 11.6. The van der Waals surface area contributed by atoms with Gasteiger partial charge < -0.3 is 5.32 Å². The summed E-state index contributed by atoms with van der Waals surface area (Å²) >= 11 is 6.30. The fourth-order valence-electron chi connectivity index (χ4n) is 3.50. The number of carbonyl (C=O) groups is 1. The summed E-state index contributed by atoms with van der Waals surface area (Å²) in [6.07, 6.45) is 3.02. The zero-order chi connectivity index (χ0) is 24.9. The minimum atomic E-state index is -0.232. The van der Waals surface area contributed by atoms with Crippen molar-refractivity contribution in [3.8, 4) is 0 Å². The van der Waals surface area contributed by atoms with Gasteiger partial charge >= 0.3 is 0 Å². The Kier molecular flexibility index (Phi) is 8.15. The Bertz CT molecular complexity index is 1170. The lowest BCUT2D eigenvalue weighted by Crippen LogP contribution is -2.36. The van der Waals surface area contributed by atoms with Gasteiger partial charge in [-0.25, -0.2) is 4.99 Å². The number of hydrogen-bond acceptors (Lipinski definition) is 3. The number of aromatic nitrogens is 2. The minimum absolute atomic E-state index is 0.0212.